The van der Waals surface area contributed by atoms with E-state index < -0.39 is 0 Å². The van der Waals surface area contributed by atoms with E-state index in [0.29, 0.717) is 17.7 Å². The lowest BCUT2D eigenvalue weighted by Gasteiger charge is -2.11. The van der Waals surface area contributed by atoms with Crippen LogP contribution in [-0.2, 0) is 0 Å². The number of rotatable bonds is 7. The molecule has 1 unspecified atom stereocenters. The molecule has 0 fully saturated rings. The second-order valence-electron chi connectivity index (χ2n) is 5.64. The predicted molar refractivity (Wildman–Crippen MR) is 85.1 cm³/mol. The summed E-state index contributed by atoms with van der Waals surface area (Å²) >= 11 is 0. The Balaban J connectivity index is 2.14. The number of aromatic nitrogens is 2. The smallest absolute Gasteiger partial charge is 0.247 e. The first-order valence-corrected chi connectivity index (χ1v) is 7.82. The minimum Gasteiger partial charge on any atom is -0.419 e. The average Bonchev–Trinajstić information content (AvgIpc) is 2.98. The molecule has 2 rings (SSSR count). The zero-order valence-electron chi connectivity index (χ0n) is 13.4. The number of hydrogen-bond donors (Lipinski definition) is 1. The van der Waals surface area contributed by atoms with E-state index in [1.54, 1.807) is 0 Å². The van der Waals surface area contributed by atoms with E-state index in [4.69, 9.17) is 4.42 Å². The molecule has 0 aliphatic carbocycles. The van der Waals surface area contributed by atoms with Gasteiger partial charge in [0.25, 0.3) is 0 Å². The molecule has 0 aliphatic rings. The van der Waals surface area contributed by atoms with Crippen LogP contribution in [0.1, 0.15) is 64.0 Å². The standard InChI is InChI=1S/C17H25N3O/c1-5-11-18-15(6-2)17-20-19-16(21-17)14-9-7-13(8-10-14)12(3)4/h7-10,12,15,18H,5-6,11H2,1-4H3. The van der Waals surface area contributed by atoms with Gasteiger partial charge in [0.1, 0.15) is 0 Å². The van der Waals surface area contributed by atoms with Gasteiger partial charge in [-0.15, -0.1) is 10.2 Å². The Morgan fingerprint density at radius 1 is 1.10 bits per heavy atom. The highest BCUT2D eigenvalue weighted by molar-refractivity contribution is 5.53. The van der Waals surface area contributed by atoms with E-state index in [0.717, 1.165) is 24.9 Å². The van der Waals surface area contributed by atoms with Crippen LogP contribution in [0.3, 0.4) is 0 Å². The highest BCUT2D eigenvalue weighted by Crippen LogP contribution is 2.24. The van der Waals surface area contributed by atoms with Gasteiger partial charge in [0.2, 0.25) is 11.8 Å². The average molecular weight is 287 g/mol. The Hall–Kier alpha value is -1.68. The van der Waals surface area contributed by atoms with Crippen LogP contribution in [0.5, 0.6) is 0 Å². The number of hydrogen-bond acceptors (Lipinski definition) is 4. The van der Waals surface area contributed by atoms with Crippen molar-refractivity contribution in [3.63, 3.8) is 0 Å². The minimum absolute atomic E-state index is 0.140. The maximum absolute atomic E-state index is 5.84. The van der Waals surface area contributed by atoms with Crippen LogP contribution in [0.25, 0.3) is 11.5 Å². The molecule has 0 amide bonds. The topological polar surface area (TPSA) is 51.0 Å². The first-order valence-electron chi connectivity index (χ1n) is 7.82. The largest absolute Gasteiger partial charge is 0.419 e. The molecule has 0 aliphatic heterocycles. The normalized spacial score (nSPS) is 12.8. The monoisotopic (exact) mass is 287 g/mol. The first-order chi connectivity index (χ1) is 10.2. The van der Waals surface area contributed by atoms with Gasteiger partial charge < -0.3 is 9.73 Å². The second-order valence-corrected chi connectivity index (χ2v) is 5.64. The van der Waals surface area contributed by atoms with Gasteiger partial charge in [0, 0.05) is 5.56 Å². The van der Waals surface area contributed by atoms with Crippen molar-refractivity contribution in [3.8, 4) is 11.5 Å². The summed E-state index contributed by atoms with van der Waals surface area (Å²) < 4.78 is 5.84. The van der Waals surface area contributed by atoms with Gasteiger partial charge in [0.05, 0.1) is 6.04 Å². The molecular formula is C17H25N3O. The summed E-state index contributed by atoms with van der Waals surface area (Å²) in [6, 6.07) is 8.48. The lowest BCUT2D eigenvalue weighted by Crippen LogP contribution is -2.21. The fraction of sp³-hybridized carbons (Fsp3) is 0.529. The summed E-state index contributed by atoms with van der Waals surface area (Å²) in [5.41, 5.74) is 2.29. The molecule has 0 spiro atoms. The Bertz CT molecular complexity index is 545. The Kier molecular flexibility index (Phi) is 5.51. The fourth-order valence-electron chi connectivity index (χ4n) is 2.23. The van der Waals surface area contributed by atoms with Crippen molar-refractivity contribution in [2.24, 2.45) is 0 Å². The minimum atomic E-state index is 0.140. The highest BCUT2D eigenvalue weighted by Gasteiger charge is 2.16. The van der Waals surface area contributed by atoms with E-state index in [1.807, 2.05) is 12.1 Å². The van der Waals surface area contributed by atoms with E-state index in [-0.39, 0.29) is 6.04 Å². The summed E-state index contributed by atoms with van der Waals surface area (Å²) in [6.07, 6.45) is 2.03. The molecule has 1 atom stereocenters. The summed E-state index contributed by atoms with van der Waals surface area (Å²) in [5, 5.41) is 11.8. The number of nitrogens with zero attached hydrogens (tertiary/aromatic N) is 2. The molecule has 0 bridgehead atoms. The molecule has 0 saturated heterocycles. The van der Waals surface area contributed by atoms with Crippen LogP contribution in [0.15, 0.2) is 28.7 Å². The second kappa shape index (κ2) is 7.36. The van der Waals surface area contributed by atoms with Gasteiger partial charge in [-0.1, -0.05) is 39.8 Å². The molecule has 1 N–H and O–H groups in total. The van der Waals surface area contributed by atoms with Crippen LogP contribution in [0.4, 0.5) is 0 Å². The van der Waals surface area contributed by atoms with Gasteiger partial charge in [0.15, 0.2) is 0 Å². The lowest BCUT2D eigenvalue weighted by molar-refractivity contribution is 0.396. The first kappa shape index (κ1) is 15.7. The van der Waals surface area contributed by atoms with Crippen molar-refractivity contribution in [1.82, 2.24) is 15.5 Å². The van der Waals surface area contributed by atoms with Crippen molar-refractivity contribution >= 4 is 0 Å². The number of nitrogens with one attached hydrogen (secondary N) is 1. The molecular weight excluding hydrogens is 262 g/mol. The molecule has 0 radical (unpaired) electrons. The molecule has 2 aromatic rings. The van der Waals surface area contributed by atoms with Crippen LogP contribution in [-0.4, -0.2) is 16.7 Å². The summed E-state index contributed by atoms with van der Waals surface area (Å²) in [7, 11) is 0. The van der Waals surface area contributed by atoms with Crippen molar-refractivity contribution in [2.75, 3.05) is 6.54 Å². The molecule has 1 aromatic heterocycles. The molecule has 0 saturated carbocycles. The van der Waals surface area contributed by atoms with Gasteiger partial charge >= 0.3 is 0 Å². The van der Waals surface area contributed by atoms with Crippen LogP contribution in [0, 0.1) is 0 Å². The Morgan fingerprint density at radius 2 is 1.81 bits per heavy atom. The van der Waals surface area contributed by atoms with Gasteiger partial charge in [-0.3, -0.25) is 0 Å². The fourth-order valence-corrected chi connectivity index (χ4v) is 2.23. The van der Waals surface area contributed by atoms with E-state index in [9.17, 15) is 0 Å². The van der Waals surface area contributed by atoms with Crippen molar-refractivity contribution in [2.45, 2.75) is 52.5 Å². The zero-order valence-corrected chi connectivity index (χ0v) is 13.4. The summed E-state index contributed by atoms with van der Waals surface area (Å²) in [6.45, 7) is 9.60. The third kappa shape index (κ3) is 3.91. The summed E-state index contributed by atoms with van der Waals surface area (Å²) in [5.74, 6) is 1.80. The zero-order chi connectivity index (χ0) is 15.2. The van der Waals surface area contributed by atoms with Gasteiger partial charge in [-0.2, -0.15) is 0 Å². The van der Waals surface area contributed by atoms with E-state index >= 15 is 0 Å². The molecule has 114 valence electrons. The predicted octanol–water partition coefficient (Wildman–Crippen LogP) is 4.31. The van der Waals surface area contributed by atoms with Gasteiger partial charge in [-0.25, -0.2) is 0 Å². The Labute approximate surface area is 127 Å². The molecule has 4 heteroatoms. The molecule has 1 aromatic carbocycles. The van der Waals surface area contributed by atoms with Gasteiger partial charge in [-0.05, 0) is 43.0 Å². The third-order valence-electron chi connectivity index (χ3n) is 3.61. The molecule has 21 heavy (non-hydrogen) atoms. The maximum Gasteiger partial charge on any atom is 0.247 e. The van der Waals surface area contributed by atoms with Crippen LogP contribution < -0.4 is 5.32 Å². The van der Waals surface area contributed by atoms with Crippen LogP contribution in [0.2, 0.25) is 0 Å². The molecule has 4 nitrogen and oxygen atoms in total. The SMILES string of the molecule is CCCNC(CC)c1nnc(-c2ccc(C(C)C)cc2)o1. The van der Waals surface area contributed by atoms with E-state index in [1.165, 1.54) is 5.56 Å². The third-order valence-corrected chi connectivity index (χ3v) is 3.61. The quantitative estimate of drug-likeness (QED) is 0.824. The van der Waals surface area contributed by atoms with Crippen molar-refractivity contribution in [1.29, 1.82) is 0 Å². The Morgan fingerprint density at radius 3 is 2.38 bits per heavy atom. The lowest BCUT2D eigenvalue weighted by atomic mass is 10.0. The molecule has 1 heterocycles. The van der Waals surface area contributed by atoms with E-state index in [2.05, 4.69) is 55.3 Å². The maximum atomic E-state index is 5.84. The highest BCUT2D eigenvalue weighted by atomic mass is 16.4. The summed E-state index contributed by atoms with van der Waals surface area (Å²) in [4.78, 5) is 0. The van der Waals surface area contributed by atoms with Crippen molar-refractivity contribution < 1.29 is 4.42 Å². The van der Waals surface area contributed by atoms with Crippen molar-refractivity contribution in [3.05, 3.63) is 35.7 Å². The van der Waals surface area contributed by atoms with Crippen LogP contribution >= 0.6 is 0 Å². The number of benzene rings is 1.